The minimum absolute atomic E-state index is 0.0553. The van der Waals surface area contributed by atoms with Crippen LogP contribution in [0, 0.1) is 0 Å². The lowest BCUT2D eigenvalue weighted by atomic mass is 9.90. The summed E-state index contributed by atoms with van der Waals surface area (Å²) in [5.74, 6) is 0. The normalized spacial score (nSPS) is 22.4. The summed E-state index contributed by atoms with van der Waals surface area (Å²) in [6.07, 6.45) is 4.35. The summed E-state index contributed by atoms with van der Waals surface area (Å²) in [6, 6.07) is 8.04. The monoisotopic (exact) mass is 295 g/mol. The summed E-state index contributed by atoms with van der Waals surface area (Å²) >= 11 is 5.83. The Labute approximate surface area is 125 Å². The number of urea groups is 1. The number of carbonyl (C=O) groups is 1. The number of hydrogen-bond acceptors (Lipinski definition) is 2. The Morgan fingerprint density at radius 3 is 2.35 bits per heavy atom. The molecular formula is C15H22ClN3O. The molecule has 0 aromatic heterocycles. The molecule has 1 fully saturated rings. The van der Waals surface area contributed by atoms with Crippen LogP contribution in [-0.2, 0) is 0 Å². The lowest BCUT2D eigenvalue weighted by Crippen LogP contribution is -2.44. The minimum atomic E-state index is -0.0553. The largest absolute Gasteiger partial charge is 0.325 e. The molecule has 0 atom stereocenters. The second-order valence-corrected chi connectivity index (χ2v) is 5.78. The van der Waals surface area contributed by atoms with E-state index in [0.29, 0.717) is 17.1 Å². The van der Waals surface area contributed by atoms with Gasteiger partial charge in [-0.3, -0.25) is 0 Å². The van der Waals surface area contributed by atoms with Crippen LogP contribution in [0.3, 0.4) is 0 Å². The molecule has 0 saturated heterocycles. The number of nitrogens with one attached hydrogen (secondary N) is 2. The SMILES string of the molecule is CNC1CCC(N(C)C(=O)Nc2ccc(Cl)cc2)CC1. The summed E-state index contributed by atoms with van der Waals surface area (Å²) in [5.41, 5.74) is 0.773. The van der Waals surface area contributed by atoms with Crippen molar-refractivity contribution >= 4 is 23.3 Å². The first-order chi connectivity index (χ1) is 9.60. The van der Waals surface area contributed by atoms with Crippen molar-refractivity contribution in [1.82, 2.24) is 10.2 Å². The average Bonchev–Trinajstić information content (AvgIpc) is 2.49. The van der Waals surface area contributed by atoms with Gasteiger partial charge in [0.1, 0.15) is 0 Å². The molecule has 2 amide bonds. The fourth-order valence-electron chi connectivity index (χ4n) is 2.66. The van der Waals surface area contributed by atoms with Gasteiger partial charge in [0.2, 0.25) is 0 Å². The van der Waals surface area contributed by atoms with E-state index in [2.05, 4.69) is 10.6 Å². The van der Waals surface area contributed by atoms with Gasteiger partial charge in [0.25, 0.3) is 0 Å². The van der Waals surface area contributed by atoms with Crippen molar-refractivity contribution in [2.45, 2.75) is 37.8 Å². The van der Waals surface area contributed by atoms with E-state index in [1.807, 2.05) is 31.1 Å². The topological polar surface area (TPSA) is 44.4 Å². The summed E-state index contributed by atoms with van der Waals surface area (Å²) in [5, 5.41) is 6.88. The Kier molecular flexibility index (Phi) is 5.26. The van der Waals surface area contributed by atoms with E-state index in [1.54, 1.807) is 12.1 Å². The van der Waals surface area contributed by atoms with Gasteiger partial charge >= 0.3 is 6.03 Å². The fraction of sp³-hybridized carbons (Fsp3) is 0.533. The van der Waals surface area contributed by atoms with Gasteiger partial charge in [0.15, 0.2) is 0 Å². The first-order valence-corrected chi connectivity index (χ1v) is 7.44. The Morgan fingerprint density at radius 1 is 1.20 bits per heavy atom. The van der Waals surface area contributed by atoms with E-state index in [0.717, 1.165) is 31.4 Å². The first-order valence-electron chi connectivity index (χ1n) is 7.07. The molecule has 2 rings (SSSR count). The molecule has 0 spiro atoms. The maximum absolute atomic E-state index is 12.2. The van der Waals surface area contributed by atoms with E-state index in [-0.39, 0.29) is 6.03 Å². The standard InChI is InChI=1S/C15H22ClN3O/c1-17-12-7-9-14(10-8-12)19(2)15(20)18-13-5-3-11(16)4-6-13/h3-6,12,14,17H,7-10H2,1-2H3,(H,18,20). The zero-order valence-corrected chi connectivity index (χ0v) is 12.8. The lowest BCUT2D eigenvalue weighted by Gasteiger charge is -2.34. The zero-order chi connectivity index (χ0) is 14.5. The van der Waals surface area contributed by atoms with Gasteiger partial charge in [-0.1, -0.05) is 11.6 Å². The number of halogens is 1. The predicted molar refractivity (Wildman–Crippen MR) is 83.3 cm³/mol. The molecule has 4 nitrogen and oxygen atoms in total. The highest BCUT2D eigenvalue weighted by Crippen LogP contribution is 2.23. The molecule has 0 bridgehead atoms. The van der Waals surface area contributed by atoms with Gasteiger partial charge < -0.3 is 15.5 Å². The molecular weight excluding hydrogens is 274 g/mol. The first kappa shape index (κ1) is 15.1. The summed E-state index contributed by atoms with van der Waals surface area (Å²) in [4.78, 5) is 14.0. The third kappa shape index (κ3) is 3.87. The fourth-order valence-corrected chi connectivity index (χ4v) is 2.79. The second-order valence-electron chi connectivity index (χ2n) is 5.34. The third-order valence-electron chi connectivity index (χ3n) is 4.07. The summed E-state index contributed by atoms with van der Waals surface area (Å²) in [6.45, 7) is 0. The highest BCUT2D eigenvalue weighted by atomic mass is 35.5. The van der Waals surface area contributed by atoms with Crippen LogP contribution in [0.25, 0.3) is 0 Å². The molecule has 2 N–H and O–H groups in total. The van der Waals surface area contributed by atoms with Crippen molar-refractivity contribution in [2.24, 2.45) is 0 Å². The number of anilines is 1. The third-order valence-corrected chi connectivity index (χ3v) is 4.32. The highest BCUT2D eigenvalue weighted by molar-refractivity contribution is 6.30. The van der Waals surface area contributed by atoms with Crippen molar-refractivity contribution in [3.05, 3.63) is 29.3 Å². The molecule has 0 heterocycles. The summed E-state index contributed by atoms with van der Waals surface area (Å²) < 4.78 is 0. The van der Waals surface area contributed by atoms with E-state index in [1.165, 1.54) is 0 Å². The van der Waals surface area contributed by atoms with E-state index in [4.69, 9.17) is 11.6 Å². The van der Waals surface area contributed by atoms with Gasteiger partial charge in [-0.15, -0.1) is 0 Å². The Bertz CT molecular complexity index is 441. The van der Waals surface area contributed by atoms with Gasteiger partial charge in [0, 0.05) is 29.8 Å². The van der Waals surface area contributed by atoms with Crippen molar-refractivity contribution in [3.63, 3.8) is 0 Å². The molecule has 1 aliphatic rings. The van der Waals surface area contributed by atoms with Crippen molar-refractivity contribution in [1.29, 1.82) is 0 Å². The number of benzene rings is 1. The molecule has 0 unspecified atom stereocenters. The van der Waals surface area contributed by atoms with Crippen LogP contribution in [0.2, 0.25) is 5.02 Å². The van der Waals surface area contributed by atoms with E-state index in [9.17, 15) is 4.79 Å². The number of rotatable bonds is 3. The van der Waals surface area contributed by atoms with Gasteiger partial charge in [0.05, 0.1) is 0 Å². The number of carbonyl (C=O) groups excluding carboxylic acids is 1. The van der Waals surface area contributed by atoms with Crippen molar-refractivity contribution in [3.8, 4) is 0 Å². The van der Waals surface area contributed by atoms with Gasteiger partial charge in [-0.05, 0) is 57.0 Å². The maximum atomic E-state index is 12.2. The quantitative estimate of drug-likeness (QED) is 0.898. The molecule has 110 valence electrons. The molecule has 1 aromatic rings. The highest BCUT2D eigenvalue weighted by Gasteiger charge is 2.25. The van der Waals surface area contributed by atoms with Crippen LogP contribution < -0.4 is 10.6 Å². The Hall–Kier alpha value is -1.26. The number of hydrogen-bond donors (Lipinski definition) is 2. The second kappa shape index (κ2) is 6.95. The van der Waals surface area contributed by atoms with E-state index >= 15 is 0 Å². The zero-order valence-electron chi connectivity index (χ0n) is 12.0. The summed E-state index contributed by atoms with van der Waals surface area (Å²) in [7, 11) is 3.87. The molecule has 1 saturated carbocycles. The van der Waals surface area contributed by atoms with E-state index < -0.39 is 0 Å². The Morgan fingerprint density at radius 2 is 1.80 bits per heavy atom. The van der Waals surface area contributed by atoms with Crippen LogP contribution in [0.15, 0.2) is 24.3 Å². The van der Waals surface area contributed by atoms with Crippen LogP contribution in [-0.4, -0.2) is 37.1 Å². The average molecular weight is 296 g/mol. The molecule has 5 heteroatoms. The Balaban J connectivity index is 1.87. The lowest BCUT2D eigenvalue weighted by molar-refractivity contribution is 0.178. The molecule has 20 heavy (non-hydrogen) atoms. The minimum Gasteiger partial charge on any atom is -0.325 e. The van der Waals surface area contributed by atoms with Crippen molar-refractivity contribution < 1.29 is 4.79 Å². The van der Waals surface area contributed by atoms with Crippen LogP contribution >= 0.6 is 11.6 Å². The smallest absolute Gasteiger partial charge is 0.321 e. The molecule has 0 aliphatic heterocycles. The molecule has 1 aliphatic carbocycles. The number of nitrogens with zero attached hydrogens (tertiary/aromatic N) is 1. The molecule has 0 radical (unpaired) electrons. The van der Waals surface area contributed by atoms with Crippen LogP contribution in [0.4, 0.5) is 10.5 Å². The molecule has 1 aromatic carbocycles. The van der Waals surface area contributed by atoms with Gasteiger partial charge in [-0.25, -0.2) is 4.79 Å². The van der Waals surface area contributed by atoms with Gasteiger partial charge in [-0.2, -0.15) is 0 Å². The van der Waals surface area contributed by atoms with Crippen LogP contribution in [0.5, 0.6) is 0 Å². The van der Waals surface area contributed by atoms with Crippen molar-refractivity contribution in [2.75, 3.05) is 19.4 Å². The number of amides is 2. The predicted octanol–water partition coefficient (Wildman–Crippen LogP) is 3.33. The maximum Gasteiger partial charge on any atom is 0.321 e. The van der Waals surface area contributed by atoms with Crippen LogP contribution in [0.1, 0.15) is 25.7 Å².